The Labute approximate surface area is 52.4 Å². The molecule has 0 atom stereocenters. The number of hydrazine groups is 1. The number of rotatable bonds is 3. The topological polar surface area (TPSA) is 72.2 Å². The first kappa shape index (κ1) is 8.16. The maximum Gasteiger partial charge on any atom is 0.233 e. The zero-order valence-corrected chi connectivity index (χ0v) is 5.67. The number of halogens is 1. The van der Waals surface area contributed by atoms with Crippen molar-refractivity contribution < 1.29 is 8.42 Å². The van der Waals surface area contributed by atoms with Crippen molar-refractivity contribution in [1.82, 2.24) is 5.43 Å². The molecule has 6 heteroatoms. The summed E-state index contributed by atoms with van der Waals surface area (Å²) in [6, 6.07) is 0. The summed E-state index contributed by atoms with van der Waals surface area (Å²) in [6.07, 6.45) is 0. The van der Waals surface area contributed by atoms with Gasteiger partial charge in [0.1, 0.15) is 0 Å². The van der Waals surface area contributed by atoms with Gasteiger partial charge in [0.05, 0.1) is 5.75 Å². The molecule has 0 heterocycles. The molecular weight excluding hydrogens is 152 g/mol. The second-order valence-electron chi connectivity index (χ2n) is 1.20. The van der Waals surface area contributed by atoms with Gasteiger partial charge in [-0.2, -0.15) is 0 Å². The summed E-state index contributed by atoms with van der Waals surface area (Å²) < 4.78 is 20.1. The van der Waals surface area contributed by atoms with Gasteiger partial charge in [0.25, 0.3) is 0 Å². The molecule has 0 unspecified atom stereocenters. The van der Waals surface area contributed by atoms with Gasteiger partial charge in [-0.3, -0.25) is 11.3 Å². The van der Waals surface area contributed by atoms with Crippen LogP contribution in [0.15, 0.2) is 0 Å². The molecule has 50 valence electrons. The van der Waals surface area contributed by atoms with Gasteiger partial charge >= 0.3 is 0 Å². The van der Waals surface area contributed by atoms with Crippen LogP contribution in [0.5, 0.6) is 0 Å². The first-order chi connectivity index (χ1) is 3.56. The van der Waals surface area contributed by atoms with Crippen molar-refractivity contribution >= 4 is 19.7 Å². The lowest BCUT2D eigenvalue weighted by Gasteiger charge is -1.91. The largest absolute Gasteiger partial charge is 0.271 e. The molecule has 0 aromatic rings. The van der Waals surface area contributed by atoms with E-state index in [-0.39, 0.29) is 12.3 Å². The normalized spacial score (nSPS) is 11.8. The highest BCUT2D eigenvalue weighted by Gasteiger charge is 2.01. The molecule has 0 fully saturated rings. The molecule has 0 aromatic heterocycles. The molecular formula is C2H7ClN2O2S. The highest BCUT2D eigenvalue weighted by Crippen LogP contribution is 1.92. The van der Waals surface area contributed by atoms with Crippen LogP contribution < -0.4 is 11.3 Å². The van der Waals surface area contributed by atoms with Gasteiger partial charge in [-0.15, -0.1) is 0 Å². The van der Waals surface area contributed by atoms with Crippen LogP contribution in [0.25, 0.3) is 0 Å². The van der Waals surface area contributed by atoms with E-state index >= 15 is 0 Å². The van der Waals surface area contributed by atoms with Crippen LogP contribution in [0.4, 0.5) is 0 Å². The minimum absolute atomic E-state index is 0.134. The predicted molar refractivity (Wildman–Crippen MR) is 31.8 cm³/mol. The van der Waals surface area contributed by atoms with E-state index < -0.39 is 9.05 Å². The van der Waals surface area contributed by atoms with Crippen molar-refractivity contribution in [3.63, 3.8) is 0 Å². The van der Waals surface area contributed by atoms with Gasteiger partial charge in [0.2, 0.25) is 9.05 Å². The zero-order valence-electron chi connectivity index (χ0n) is 4.09. The lowest BCUT2D eigenvalue weighted by atomic mass is 10.8. The SMILES string of the molecule is NNCCS(=O)(=O)Cl. The second-order valence-corrected chi connectivity index (χ2v) is 4.09. The Balaban J connectivity index is 3.42. The van der Waals surface area contributed by atoms with Crippen LogP contribution in [-0.4, -0.2) is 20.7 Å². The Kier molecular flexibility index (Phi) is 3.30. The first-order valence-electron chi connectivity index (χ1n) is 1.92. The van der Waals surface area contributed by atoms with Crippen LogP contribution in [0.3, 0.4) is 0 Å². The molecule has 8 heavy (non-hydrogen) atoms. The summed E-state index contributed by atoms with van der Waals surface area (Å²) in [6.45, 7) is 0.186. The maximum atomic E-state index is 10.1. The third kappa shape index (κ3) is 6.16. The minimum atomic E-state index is -3.36. The first-order valence-corrected chi connectivity index (χ1v) is 4.40. The molecule has 4 nitrogen and oxygen atoms in total. The van der Waals surface area contributed by atoms with Crippen molar-refractivity contribution in [3.8, 4) is 0 Å². The third-order valence-electron chi connectivity index (χ3n) is 0.490. The van der Waals surface area contributed by atoms with Gasteiger partial charge in [-0.25, -0.2) is 8.42 Å². The standard InChI is InChI=1S/C2H7ClN2O2S/c3-8(6,7)2-1-5-4/h5H,1-2,4H2. The zero-order chi connectivity index (χ0) is 6.62. The van der Waals surface area contributed by atoms with E-state index in [4.69, 9.17) is 16.5 Å². The van der Waals surface area contributed by atoms with Gasteiger partial charge in [0.15, 0.2) is 0 Å². The molecule has 0 amide bonds. The van der Waals surface area contributed by atoms with Crippen molar-refractivity contribution in [2.24, 2.45) is 5.84 Å². The van der Waals surface area contributed by atoms with Gasteiger partial charge in [0, 0.05) is 17.2 Å². The van der Waals surface area contributed by atoms with Crippen LogP contribution >= 0.6 is 10.7 Å². The van der Waals surface area contributed by atoms with Crippen LogP contribution in [-0.2, 0) is 9.05 Å². The fourth-order valence-corrected chi connectivity index (χ4v) is 0.774. The van der Waals surface area contributed by atoms with E-state index in [1.807, 2.05) is 0 Å². The Hall–Kier alpha value is 0.160. The van der Waals surface area contributed by atoms with Crippen LogP contribution in [0.1, 0.15) is 0 Å². The molecule has 3 N–H and O–H groups in total. The monoisotopic (exact) mass is 158 g/mol. The molecule has 0 spiro atoms. The maximum absolute atomic E-state index is 10.1. The lowest BCUT2D eigenvalue weighted by molar-refractivity contribution is 0.605. The second kappa shape index (κ2) is 3.24. The van der Waals surface area contributed by atoms with Crippen molar-refractivity contribution in [2.75, 3.05) is 12.3 Å². The highest BCUT2D eigenvalue weighted by atomic mass is 35.7. The summed E-state index contributed by atoms with van der Waals surface area (Å²) in [5, 5.41) is 0. The van der Waals surface area contributed by atoms with Crippen molar-refractivity contribution in [1.29, 1.82) is 0 Å². The van der Waals surface area contributed by atoms with E-state index in [0.29, 0.717) is 0 Å². The lowest BCUT2D eigenvalue weighted by Crippen LogP contribution is -2.27. The Morgan fingerprint density at radius 3 is 2.25 bits per heavy atom. The Morgan fingerprint density at radius 2 is 2.12 bits per heavy atom. The fraction of sp³-hybridized carbons (Fsp3) is 1.00. The fourth-order valence-electron chi connectivity index (χ4n) is 0.181. The smallest absolute Gasteiger partial charge is 0.233 e. The summed E-state index contributed by atoms with van der Waals surface area (Å²) in [7, 11) is 1.43. The van der Waals surface area contributed by atoms with Gasteiger partial charge in [-0.05, 0) is 0 Å². The summed E-state index contributed by atoms with van der Waals surface area (Å²) >= 11 is 0. The van der Waals surface area contributed by atoms with Crippen molar-refractivity contribution in [2.45, 2.75) is 0 Å². The molecule has 0 radical (unpaired) electrons. The number of hydrogen-bond acceptors (Lipinski definition) is 4. The summed E-state index contributed by atoms with van der Waals surface area (Å²) in [4.78, 5) is 0. The summed E-state index contributed by atoms with van der Waals surface area (Å²) in [5.41, 5.74) is 2.16. The van der Waals surface area contributed by atoms with E-state index in [0.717, 1.165) is 0 Å². The van der Waals surface area contributed by atoms with E-state index in [1.165, 1.54) is 0 Å². The average Bonchev–Trinajstić information content (AvgIpc) is 1.59. The molecule has 0 aliphatic rings. The predicted octanol–water partition coefficient (Wildman–Crippen LogP) is -0.982. The summed E-state index contributed by atoms with van der Waals surface area (Å²) in [5.74, 6) is 4.63. The highest BCUT2D eigenvalue weighted by molar-refractivity contribution is 8.13. The van der Waals surface area contributed by atoms with Gasteiger partial charge in [-0.1, -0.05) is 0 Å². The molecule has 0 aliphatic heterocycles. The van der Waals surface area contributed by atoms with Gasteiger partial charge < -0.3 is 0 Å². The number of nitrogens with one attached hydrogen (secondary N) is 1. The molecule has 0 rings (SSSR count). The van der Waals surface area contributed by atoms with Crippen molar-refractivity contribution in [3.05, 3.63) is 0 Å². The number of nitrogens with two attached hydrogens (primary N) is 1. The molecule has 0 aromatic carbocycles. The third-order valence-corrected chi connectivity index (χ3v) is 1.64. The quantitative estimate of drug-likeness (QED) is 0.315. The van der Waals surface area contributed by atoms with Crippen LogP contribution in [0.2, 0.25) is 0 Å². The molecule has 0 saturated heterocycles. The molecule has 0 aliphatic carbocycles. The van der Waals surface area contributed by atoms with E-state index in [1.54, 1.807) is 0 Å². The van der Waals surface area contributed by atoms with Crippen LogP contribution in [0, 0.1) is 0 Å². The van der Waals surface area contributed by atoms with E-state index in [2.05, 4.69) is 5.43 Å². The average molecular weight is 159 g/mol. The molecule has 0 saturated carbocycles. The Morgan fingerprint density at radius 1 is 1.62 bits per heavy atom. The Bertz CT molecular complexity index is 142. The molecule has 0 bridgehead atoms. The van der Waals surface area contributed by atoms with E-state index in [9.17, 15) is 8.42 Å². The number of hydrogen-bond donors (Lipinski definition) is 2. The minimum Gasteiger partial charge on any atom is -0.271 e.